The molecule has 3 N–H and O–H groups in total. The third kappa shape index (κ3) is 7.67. The number of carbonyl (C=O) groups excluding carboxylic acids is 1. The Morgan fingerprint density at radius 1 is 1.03 bits per heavy atom. The zero-order chi connectivity index (χ0) is 27.6. The highest BCUT2D eigenvalue weighted by Gasteiger charge is 2.22. The van der Waals surface area contributed by atoms with Crippen LogP contribution in [0.1, 0.15) is 34.3 Å². The van der Waals surface area contributed by atoms with Gasteiger partial charge in [-0.05, 0) is 90.3 Å². The number of amides is 1. The Morgan fingerprint density at radius 3 is 2.49 bits per heavy atom. The number of hydroxylamine groups is 1. The summed E-state index contributed by atoms with van der Waals surface area (Å²) < 4.78 is 0. The molecule has 4 rings (SSSR count). The average Bonchev–Trinajstić information content (AvgIpc) is 2.95. The molecule has 0 saturated heterocycles. The molecular formula is C31H33N3O4S. The van der Waals surface area contributed by atoms with Crippen LogP contribution in [0.4, 0.5) is 0 Å². The van der Waals surface area contributed by atoms with Crippen LogP contribution in [0.2, 0.25) is 0 Å². The Labute approximate surface area is 233 Å². The fourth-order valence-corrected chi connectivity index (χ4v) is 4.74. The van der Waals surface area contributed by atoms with E-state index in [0.717, 1.165) is 46.4 Å². The molecule has 202 valence electrons. The Kier molecular flexibility index (Phi) is 9.69. The second kappa shape index (κ2) is 13.6. The molecule has 0 aliphatic carbocycles. The van der Waals surface area contributed by atoms with Crippen molar-refractivity contribution in [3.8, 4) is 16.9 Å². The number of rotatable bonds is 12. The van der Waals surface area contributed by atoms with Gasteiger partial charge >= 0.3 is 5.97 Å². The van der Waals surface area contributed by atoms with Gasteiger partial charge in [-0.2, -0.15) is 11.8 Å². The van der Waals surface area contributed by atoms with E-state index in [0.29, 0.717) is 17.7 Å². The number of carboxylic acid groups (broad SMARTS) is 1. The molecule has 0 aromatic heterocycles. The summed E-state index contributed by atoms with van der Waals surface area (Å²) in [6.45, 7) is 2.01. The summed E-state index contributed by atoms with van der Waals surface area (Å²) in [5.41, 5.74) is 8.58. The Morgan fingerprint density at radius 2 is 1.79 bits per heavy atom. The fraction of sp³-hybridized carbons (Fsp3) is 0.226. The number of para-hydroxylation sites is 1. The van der Waals surface area contributed by atoms with Crippen LogP contribution in [0.15, 0.2) is 96.8 Å². The SMILES string of the molecule is CSCC[C@H](NC(=O)c1ccc(CCC2=CNN(Oc3ccccc3)C=C2)cc1-c1ccccc1C)C(=O)O. The molecule has 0 radical (unpaired) electrons. The topological polar surface area (TPSA) is 90.9 Å². The average molecular weight is 544 g/mol. The number of carbonyl (C=O) groups is 2. The summed E-state index contributed by atoms with van der Waals surface area (Å²) in [5.74, 6) is -0.0234. The van der Waals surface area contributed by atoms with Gasteiger partial charge in [0.05, 0.1) is 6.20 Å². The number of hydrogen-bond donors (Lipinski definition) is 3. The van der Waals surface area contributed by atoms with Crippen LogP contribution in [0, 0.1) is 6.92 Å². The molecule has 1 aliphatic heterocycles. The first-order chi connectivity index (χ1) is 18.9. The van der Waals surface area contributed by atoms with Gasteiger partial charge < -0.3 is 15.3 Å². The predicted molar refractivity (Wildman–Crippen MR) is 156 cm³/mol. The molecule has 39 heavy (non-hydrogen) atoms. The number of allylic oxidation sites excluding steroid dienone is 2. The smallest absolute Gasteiger partial charge is 0.326 e. The Bertz CT molecular complexity index is 1360. The van der Waals surface area contributed by atoms with E-state index >= 15 is 0 Å². The predicted octanol–water partition coefficient (Wildman–Crippen LogP) is 5.74. The normalized spacial score (nSPS) is 13.3. The van der Waals surface area contributed by atoms with Gasteiger partial charge in [0.25, 0.3) is 5.91 Å². The Balaban J connectivity index is 1.48. The number of nitrogens with zero attached hydrogens (tertiary/aromatic N) is 1. The maximum Gasteiger partial charge on any atom is 0.326 e. The summed E-state index contributed by atoms with van der Waals surface area (Å²) in [7, 11) is 0. The van der Waals surface area contributed by atoms with Crippen molar-refractivity contribution in [2.45, 2.75) is 32.2 Å². The number of hydrogen-bond acceptors (Lipinski definition) is 6. The highest BCUT2D eigenvalue weighted by molar-refractivity contribution is 7.98. The summed E-state index contributed by atoms with van der Waals surface area (Å²) in [6.07, 6.45) is 9.59. The first-order valence-electron chi connectivity index (χ1n) is 12.8. The van der Waals surface area contributed by atoms with Gasteiger partial charge in [-0.25, -0.2) is 4.79 Å². The standard InChI is InChI=1S/C31H33N3O4S/c1-22-8-6-7-11-26(22)28-20-23(14-15-27(28)30(35)33-29(31(36)37)17-19-39-2)12-13-24-16-18-34(32-21-24)38-25-9-4-3-5-10-25/h3-11,14-16,18,20-21,29,32H,12-13,17,19H2,1-2H3,(H,33,35)(H,36,37)/t29-/m0/s1. The summed E-state index contributed by atoms with van der Waals surface area (Å²) in [4.78, 5) is 30.8. The van der Waals surface area contributed by atoms with Crippen molar-refractivity contribution >= 4 is 23.6 Å². The minimum Gasteiger partial charge on any atom is -0.480 e. The first kappa shape index (κ1) is 27.9. The molecule has 3 aromatic carbocycles. The van der Waals surface area contributed by atoms with Crippen molar-refractivity contribution in [1.82, 2.24) is 15.9 Å². The van der Waals surface area contributed by atoms with E-state index in [4.69, 9.17) is 4.84 Å². The third-order valence-electron chi connectivity index (χ3n) is 6.43. The number of benzene rings is 3. The highest BCUT2D eigenvalue weighted by Crippen LogP contribution is 2.29. The quantitative estimate of drug-likeness (QED) is 0.268. The third-order valence-corrected chi connectivity index (χ3v) is 7.07. The molecule has 0 unspecified atom stereocenters. The molecule has 0 fully saturated rings. The first-order valence-corrected chi connectivity index (χ1v) is 14.2. The van der Waals surface area contributed by atoms with Gasteiger partial charge in [0.2, 0.25) is 0 Å². The number of thioether (sulfide) groups is 1. The van der Waals surface area contributed by atoms with Crippen LogP contribution in [0.5, 0.6) is 5.75 Å². The minimum atomic E-state index is -1.03. The molecule has 7 nitrogen and oxygen atoms in total. The van der Waals surface area contributed by atoms with Crippen molar-refractivity contribution in [2.75, 3.05) is 12.0 Å². The molecule has 1 aliphatic rings. The highest BCUT2D eigenvalue weighted by atomic mass is 32.2. The van der Waals surface area contributed by atoms with Gasteiger partial charge in [0, 0.05) is 11.8 Å². The second-order valence-corrected chi connectivity index (χ2v) is 10.2. The van der Waals surface area contributed by atoms with E-state index in [1.54, 1.807) is 23.0 Å². The molecule has 0 bridgehead atoms. The van der Waals surface area contributed by atoms with E-state index in [1.165, 1.54) is 0 Å². The van der Waals surface area contributed by atoms with Crippen molar-refractivity contribution in [2.24, 2.45) is 0 Å². The number of carboxylic acids is 1. The number of hydrazine groups is 1. The van der Waals surface area contributed by atoms with Crippen molar-refractivity contribution in [3.63, 3.8) is 0 Å². The zero-order valence-corrected chi connectivity index (χ0v) is 22.9. The summed E-state index contributed by atoms with van der Waals surface area (Å²) >= 11 is 1.55. The maximum absolute atomic E-state index is 13.3. The van der Waals surface area contributed by atoms with Gasteiger partial charge in [0.1, 0.15) is 6.04 Å². The van der Waals surface area contributed by atoms with Crippen LogP contribution in [0.25, 0.3) is 11.1 Å². The van der Waals surface area contributed by atoms with Crippen LogP contribution < -0.4 is 15.6 Å². The number of nitrogens with one attached hydrogen (secondary N) is 2. The van der Waals surface area contributed by atoms with Gasteiger partial charge in [-0.1, -0.05) is 54.6 Å². The molecule has 3 aromatic rings. The molecule has 1 amide bonds. The largest absolute Gasteiger partial charge is 0.480 e. The molecule has 0 spiro atoms. The molecule has 0 saturated carbocycles. The van der Waals surface area contributed by atoms with Crippen molar-refractivity contribution in [3.05, 3.63) is 114 Å². The lowest BCUT2D eigenvalue weighted by Gasteiger charge is -2.23. The Hall–Kier alpha value is -4.17. The fourth-order valence-electron chi connectivity index (χ4n) is 4.27. The van der Waals surface area contributed by atoms with Gasteiger partial charge in [-0.15, -0.1) is 5.17 Å². The summed E-state index contributed by atoms with van der Waals surface area (Å²) in [6, 6.07) is 22.3. The number of aliphatic carboxylic acids is 1. The maximum atomic E-state index is 13.3. The van der Waals surface area contributed by atoms with Crippen LogP contribution >= 0.6 is 11.8 Å². The van der Waals surface area contributed by atoms with E-state index in [9.17, 15) is 14.7 Å². The van der Waals surface area contributed by atoms with Crippen molar-refractivity contribution < 1.29 is 19.5 Å². The monoisotopic (exact) mass is 543 g/mol. The number of aryl methyl sites for hydroxylation is 2. The molecular weight excluding hydrogens is 510 g/mol. The lowest BCUT2D eigenvalue weighted by molar-refractivity contribution is -0.139. The second-order valence-electron chi connectivity index (χ2n) is 9.23. The van der Waals surface area contributed by atoms with Crippen LogP contribution in [-0.2, 0) is 11.2 Å². The minimum absolute atomic E-state index is 0.366. The summed E-state index contributed by atoms with van der Waals surface area (Å²) in [5, 5.41) is 13.9. The molecule has 1 heterocycles. The lowest BCUT2D eigenvalue weighted by atomic mass is 9.92. The van der Waals surface area contributed by atoms with Crippen molar-refractivity contribution in [1.29, 1.82) is 0 Å². The zero-order valence-electron chi connectivity index (χ0n) is 22.1. The van der Waals surface area contributed by atoms with E-state index in [1.807, 2.05) is 98.4 Å². The van der Waals surface area contributed by atoms with Gasteiger partial charge in [-0.3, -0.25) is 10.2 Å². The van der Waals surface area contributed by atoms with Crippen LogP contribution in [-0.4, -0.2) is 40.2 Å². The van der Waals surface area contributed by atoms with E-state index in [2.05, 4.69) is 10.7 Å². The van der Waals surface area contributed by atoms with E-state index < -0.39 is 12.0 Å². The molecule has 8 heteroatoms. The van der Waals surface area contributed by atoms with E-state index in [-0.39, 0.29) is 5.91 Å². The van der Waals surface area contributed by atoms with Crippen LogP contribution in [0.3, 0.4) is 0 Å². The molecule has 1 atom stereocenters. The lowest BCUT2D eigenvalue weighted by Crippen LogP contribution is -2.41. The van der Waals surface area contributed by atoms with Gasteiger partial charge in [0.15, 0.2) is 5.75 Å².